The second kappa shape index (κ2) is 6.14. The molecule has 0 N–H and O–H groups in total. The Bertz CT molecular complexity index is 624. The molecule has 0 spiro atoms. The number of benzene rings is 1. The van der Waals surface area contributed by atoms with Gasteiger partial charge in [0.1, 0.15) is 5.69 Å². The van der Waals surface area contributed by atoms with Gasteiger partial charge in [-0.25, -0.2) is 0 Å². The minimum absolute atomic E-state index is 0.0507. The lowest BCUT2D eigenvalue weighted by Gasteiger charge is -2.36. The van der Waals surface area contributed by atoms with Crippen molar-refractivity contribution < 1.29 is 4.79 Å². The summed E-state index contributed by atoms with van der Waals surface area (Å²) in [5, 5.41) is 0.538. The van der Waals surface area contributed by atoms with Crippen molar-refractivity contribution in [3.05, 3.63) is 59.4 Å². The third-order valence-corrected chi connectivity index (χ3v) is 3.86. The molecule has 1 amide bonds. The molecule has 0 radical (unpaired) electrons. The highest BCUT2D eigenvalue weighted by Crippen LogP contribution is 2.17. The Labute approximate surface area is 129 Å². The van der Waals surface area contributed by atoms with Crippen molar-refractivity contribution >= 4 is 23.2 Å². The zero-order valence-electron chi connectivity index (χ0n) is 11.6. The number of hydrogen-bond donors (Lipinski definition) is 0. The van der Waals surface area contributed by atoms with Crippen LogP contribution in [0.2, 0.25) is 5.02 Å². The molecule has 5 heteroatoms. The molecule has 1 fully saturated rings. The Balaban J connectivity index is 1.64. The molecule has 3 rings (SSSR count). The van der Waals surface area contributed by atoms with Crippen LogP contribution in [0.5, 0.6) is 0 Å². The Morgan fingerprint density at radius 3 is 2.43 bits per heavy atom. The van der Waals surface area contributed by atoms with Crippen molar-refractivity contribution in [1.29, 1.82) is 0 Å². The molecule has 0 saturated carbocycles. The maximum atomic E-state index is 12.4. The maximum absolute atomic E-state index is 12.4. The molecule has 1 aliphatic heterocycles. The van der Waals surface area contributed by atoms with Crippen molar-refractivity contribution in [2.24, 2.45) is 0 Å². The van der Waals surface area contributed by atoms with Gasteiger partial charge in [-0.15, -0.1) is 0 Å². The van der Waals surface area contributed by atoms with Crippen molar-refractivity contribution in [2.45, 2.75) is 0 Å². The average molecular weight is 302 g/mol. The van der Waals surface area contributed by atoms with Crippen LogP contribution in [-0.4, -0.2) is 42.0 Å². The SMILES string of the molecule is O=C(c1cc(Cl)ccn1)N1CCN(c2ccccc2)CC1. The van der Waals surface area contributed by atoms with Gasteiger partial charge in [0.15, 0.2) is 0 Å². The van der Waals surface area contributed by atoms with E-state index in [9.17, 15) is 4.79 Å². The van der Waals surface area contributed by atoms with E-state index in [1.54, 1.807) is 18.3 Å². The summed E-state index contributed by atoms with van der Waals surface area (Å²) in [4.78, 5) is 20.6. The number of aromatic nitrogens is 1. The van der Waals surface area contributed by atoms with Gasteiger partial charge in [0, 0.05) is 43.1 Å². The normalized spacial score (nSPS) is 15.1. The molecule has 2 heterocycles. The van der Waals surface area contributed by atoms with Gasteiger partial charge in [0.2, 0.25) is 0 Å². The number of halogens is 1. The zero-order valence-corrected chi connectivity index (χ0v) is 12.3. The summed E-state index contributed by atoms with van der Waals surface area (Å²) < 4.78 is 0. The molecule has 0 atom stereocenters. The predicted molar refractivity (Wildman–Crippen MR) is 83.8 cm³/mol. The summed E-state index contributed by atoms with van der Waals surface area (Å²) in [7, 11) is 0. The first-order valence-corrected chi connectivity index (χ1v) is 7.33. The number of anilines is 1. The number of carbonyl (C=O) groups is 1. The van der Waals surface area contributed by atoms with Gasteiger partial charge in [-0.1, -0.05) is 29.8 Å². The number of carbonyl (C=O) groups excluding carboxylic acids is 1. The molecule has 0 bridgehead atoms. The molecule has 1 aliphatic rings. The van der Waals surface area contributed by atoms with Crippen molar-refractivity contribution in [3.63, 3.8) is 0 Å². The van der Waals surface area contributed by atoms with Gasteiger partial charge in [-0.3, -0.25) is 9.78 Å². The second-order valence-electron chi connectivity index (χ2n) is 4.97. The first kappa shape index (κ1) is 13.9. The van der Waals surface area contributed by atoms with E-state index in [1.165, 1.54) is 5.69 Å². The third-order valence-electron chi connectivity index (χ3n) is 3.63. The van der Waals surface area contributed by atoms with Crippen molar-refractivity contribution in [3.8, 4) is 0 Å². The first-order chi connectivity index (χ1) is 10.2. The molecule has 21 heavy (non-hydrogen) atoms. The molecule has 108 valence electrons. The quantitative estimate of drug-likeness (QED) is 0.856. The second-order valence-corrected chi connectivity index (χ2v) is 5.41. The van der Waals surface area contributed by atoms with Gasteiger partial charge >= 0.3 is 0 Å². The van der Waals surface area contributed by atoms with E-state index >= 15 is 0 Å². The van der Waals surface area contributed by atoms with Crippen LogP contribution in [0.15, 0.2) is 48.7 Å². The monoisotopic (exact) mass is 301 g/mol. The molecule has 1 saturated heterocycles. The summed E-state index contributed by atoms with van der Waals surface area (Å²) in [5.41, 5.74) is 1.61. The fourth-order valence-corrected chi connectivity index (χ4v) is 2.65. The van der Waals surface area contributed by atoms with Gasteiger partial charge < -0.3 is 9.80 Å². The lowest BCUT2D eigenvalue weighted by molar-refractivity contribution is 0.0741. The van der Waals surface area contributed by atoms with E-state index < -0.39 is 0 Å². The number of amides is 1. The highest BCUT2D eigenvalue weighted by molar-refractivity contribution is 6.30. The summed E-state index contributed by atoms with van der Waals surface area (Å²) in [5.74, 6) is -0.0507. The van der Waals surface area contributed by atoms with Gasteiger partial charge in [-0.2, -0.15) is 0 Å². The number of para-hydroxylation sites is 1. The van der Waals surface area contributed by atoms with E-state index in [-0.39, 0.29) is 5.91 Å². The van der Waals surface area contributed by atoms with E-state index in [4.69, 9.17) is 11.6 Å². The lowest BCUT2D eigenvalue weighted by Crippen LogP contribution is -2.49. The molecule has 1 aromatic heterocycles. The maximum Gasteiger partial charge on any atom is 0.272 e. The summed E-state index contributed by atoms with van der Waals surface area (Å²) in [6, 6.07) is 13.5. The zero-order chi connectivity index (χ0) is 14.7. The van der Waals surface area contributed by atoms with Crippen LogP contribution in [0.4, 0.5) is 5.69 Å². The van der Waals surface area contributed by atoms with Gasteiger partial charge in [-0.05, 0) is 24.3 Å². The number of nitrogens with zero attached hydrogens (tertiary/aromatic N) is 3. The number of hydrogen-bond acceptors (Lipinski definition) is 3. The Hall–Kier alpha value is -2.07. The van der Waals surface area contributed by atoms with Crippen LogP contribution in [0.3, 0.4) is 0 Å². The molecule has 0 aliphatic carbocycles. The minimum Gasteiger partial charge on any atom is -0.368 e. The molecule has 4 nitrogen and oxygen atoms in total. The average Bonchev–Trinajstić information content (AvgIpc) is 2.55. The fourth-order valence-electron chi connectivity index (χ4n) is 2.49. The Kier molecular flexibility index (Phi) is 4.06. The minimum atomic E-state index is -0.0507. The molecule has 1 aromatic carbocycles. The topological polar surface area (TPSA) is 36.4 Å². The van der Waals surface area contributed by atoms with E-state index in [2.05, 4.69) is 22.0 Å². The van der Waals surface area contributed by atoms with Crippen LogP contribution in [0.25, 0.3) is 0 Å². The first-order valence-electron chi connectivity index (χ1n) is 6.95. The van der Waals surface area contributed by atoms with Gasteiger partial charge in [0.25, 0.3) is 5.91 Å². The van der Waals surface area contributed by atoms with Crippen LogP contribution < -0.4 is 4.90 Å². The number of pyridine rings is 1. The van der Waals surface area contributed by atoms with E-state index in [0.717, 1.165) is 13.1 Å². The lowest BCUT2D eigenvalue weighted by atomic mass is 10.2. The number of piperazine rings is 1. The standard InChI is InChI=1S/C16H16ClN3O/c17-13-6-7-18-15(12-13)16(21)20-10-8-19(9-11-20)14-4-2-1-3-5-14/h1-7,12H,8-11H2. The van der Waals surface area contributed by atoms with Crippen LogP contribution in [0, 0.1) is 0 Å². The molecule has 2 aromatic rings. The predicted octanol–water partition coefficient (Wildman–Crippen LogP) is 2.70. The fraction of sp³-hybridized carbons (Fsp3) is 0.250. The molecule has 0 unspecified atom stereocenters. The van der Waals surface area contributed by atoms with Crippen molar-refractivity contribution in [2.75, 3.05) is 31.1 Å². The summed E-state index contributed by atoms with van der Waals surface area (Å²) in [6.07, 6.45) is 1.57. The van der Waals surface area contributed by atoms with Crippen LogP contribution in [-0.2, 0) is 0 Å². The largest absolute Gasteiger partial charge is 0.368 e. The van der Waals surface area contributed by atoms with E-state index in [0.29, 0.717) is 23.8 Å². The smallest absolute Gasteiger partial charge is 0.272 e. The Morgan fingerprint density at radius 1 is 1.05 bits per heavy atom. The number of rotatable bonds is 2. The van der Waals surface area contributed by atoms with Gasteiger partial charge in [0.05, 0.1) is 0 Å². The summed E-state index contributed by atoms with van der Waals surface area (Å²) in [6.45, 7) is 3.05. The highest BCUT2D eigenvalue weighted by atomic mass is 35.5. The molecular weight excluding hydrogens is 286 g/mol. The van der Waals surface area contributed by atoms with Crippen molar-refractivity contribution in [1.82, 2.24) is 9.88 Å². The Morgan fingerprint density at radius 2 is 1.76 bits per heavy atom. The summed E-state index contributed by atoms with van der Waals surface area (Å²) >= 11 is 5.91. The highest BCUT2D eigenvalue weighted by Gasteiger charge is 2.23. The van der Waals surface area contributed by atoms with Crippen LogP contribution >= 0.6 is 11.6 Å². The molecular formula is C16H16ClN3O. The van der Waals surface area contributed by atoms with Crippen LogP contribution in [0.1, 0.15) is 10.5 Å². The third kappa shape index (κ3) is 3.16. The van der Waals surface area contributed by atoms with E-state index in [1.807, 2.05) is 23.1 Å².